The Bertz CT molecular complexity index is 2140. The Balaban J connectivity index is 1.34. The van der Waals surface area contributed by atoms with Crippen molar-refractivity contribution in [2.45, 2.75) is 32.1 Å². The van der Waals surface area contributed by atoms with Gasteiger partial charge in [0.1, 0.15) is 0 Å². The molecular weight excluding hydrogens is 530 g/mol. The molecule has 1 nitrogen and oxygen atoms in total. The zero-order valence-electron chi connectivity index (χ0n) is 25.3. The lowest BCUT2D eigenvalue weighted by atomic mass is 9.73. The zero-order valence-corrected chi connectivity index (χ0v) is 25.3. The van der Waals surface area contributed by atoms with Gasteiger partial charge in [-0.15, -0.1) is 0 Å². The Labute approximate surface area is 260 Å². The Kier molecular flexibility index (Phi) is 6.34. The summed E-state index contributed by atoms with van der Waals surface area (Å²) >= 11 is 0. The first-order valence-electron chi connectivity index (χ1n) is 15.8. The molecule has 0 saturated heterocycles. The summed E-state index contributed by atoms with van der Waals surface area (Å²) < 4.78 is 0. The maximum Gasteiger partial charge on any atom is 0.0468 e. The molecule has 0 saturated carbocycles. The van der Waals surface area contributed by atoms with Crippen LogP contribution in [-0.4, -0.2) is 0 Å². The number of hydrogen-bond acceptors (Lipinski definition) is 1. The van der Waals surface area contributed by atoms with Crippen LogP contribution in [0.2, 0.25) is 0 Å². The maximum absolute atomic E-state index is 2.51. The highest BCUT2D eigenvalue weighted by Crippen LogP contribution is 2.55. The first-order valence-corrected chi connectivity index (χ1v) is 15.8. The molecule has 0 amide bonds. The predicted molar refractivity (Wildman–Crippen MR) is 188 cm³/mol. The quantitative estimate of drug-likeness (QED) is 0.181. The van der Waals surface area contributed by atoms with Crippen LogP contribution in [0, 0.1) is 0 Å². The predicted octanol–water partition coefficient (Wildman–Crippen LogP) is 12.2. The van der Waals surface area contributed by atoms with Gasteiger partial charge in [-0.05, 0) is 116 Å². The molecule has 0 N–H and O–H groups in total. The van der Waals surface area contributed by atoms with E-state index in [1.54, 1.807) is 0 Å². The molecule has 1 heteroatoms. The van der Waals surface area contributed by atoms with Gasteiger partial charge in [-0.25, -0.2) is 0 Å². The summed E-state index contributed by atoms with van der Waals surface area (Å²) in [5.41, 5.74) is 11.6. The van der Waals surface area contributed by atoms with Crippen LogP contribution in [0.1, 0.15) is 37.8 Å². The van der Waals surface area contributed by atoms with E-state index in [9.17, 15) is 0 Å². The standard InChI is InChI=1S/C43H35N/c1-3-43(4-2)41-25-24-36(28-40(41)39-27-33-23-22-31-16-11-12-21-37(31)38(33)29-42(39)43)44(34-18-9-6-10-19-34)35-20-13-17-32(26-35)30-14-7-5-8-15-30/h5-29H,3-4H2,1-2H3. The topological polar surface area (TPSA) is 3.24 Å². The first kappa shape index (κ1) is 26.5. The van der Waals surface area contributed by atoms with Crippen LogP contribution in [0.4, 0.5) is 17.1 Å². The number of nitrogens with zero attached hydrogens (tertiary/aromatic N) is 1. The Morgan fingerprint density at radius 1 is 0.432 bits per heavy atom. The molecule has 0 heterocycles. The van der Waals surface area contributed by atoms with E-state index in [2.05, 4.69) is 170 Å². The van der Waals surface area contributed by atoms with E-state index in [0.29, 0.717) is 0 Å². The fourth-order valence-corrected chi connectivity index (χ4v) is 7.62. The average Bonchev–Trinajstić information content (AvgIpc) is 3.37. The van der Waals surface area contributed by atoms with Crippen LogP contribution < -0.4 is 4.90 Å². The van der Waals surface area contributed by atoms with Gasteiger partial charge < -0.3 is 4.90 Å². The van der Waals surface area contributed by atoms with Gasteiger partial charge in [-0.2, -0.15) is 0 Å². The Morgan fingerprint density at radius 3 is 1.86 bits per heavy atom. The van der Waals surface area contributed by atoms with Crippen molar-refractivity contribution in [1.82, 2.24) is 0 Å². The Morgan fingerprint density at radius 2 is 1.07 bits per heavy atom. The van der Waals surface area contributed by atoms with Crippen LogP contribution in [0.3, 0.4) is 0 Å². The SMILES string of the molecule is CCC1(CC)c2ccc(N(c3ccccc3)c3cccc(-c4ccccc4)c3)cc2-c2cc3ccc4ccccc4c3cc21. The number of anilines is 3. The van der Waals surface area contributed by atoms with E-state index in [1.807, 2.05) is 0 Å². The van der Waals surface area contributed by atoms with Gasteiger partial charge in [0.15, 0.2) is 0 Å². The molecule has 7 aromatic carbocycles. The summed E-state index contributed by atoms with van der Waals surface area (Å²) in [5.74, 6) is 0. The third-order valence-electron chi connectivity index (χ3n) is 9.90. The van der Waals surface area contributed by atoms with Gasteiger partial charge in [0, 0.05) is 22.5 Å². The second-order valence-corrected chi connectivity index (χ2v) is 12.0. The molecular formula is C43H35N. The molecule has 0 unspecified atom stereocenters. The summed E-state index contributed by atoms with van der Waals surface area (Å²) in [6.45, 7) is 4.71. The molecule has 0 aromatic heterocycles. The van der Waals surface area contributed by atoms with Crippen molar-refractivity contribution in [2.24, 2.45) is 0 Å². The number of hydrogen-bond donors (Lipinski definition) is 0. The Hall–Kier alpha value is -5.14. The number of benzene rings is 7. The summed E-state index contributed by atoms with van der Waals surface area (Å²) in [6, 6.07) is 55.8. The van der Waals surface area contributed by atoms with E-state index in [0.717, 1.165) is 24.2 Å². The number of para-hydroxylation sites is 1. The van der Waals surface area contributed by atoms with Crippen LogP contribution in [0.25, 0.3) is 43.8 Å². The monoisotopic (exact) mass is 565 g/mol. The lowest BCUT2D eigenvalue weighted by Gasteiger charge is -2.31. The van der Waals surface area contributed by atoms with Crippen molar-refractivity contribution >= 4 is 38.6 Å². The lowest BCUT2D eigenvalue weighted by molar-refractivity contribution is 0.491. The van der Waals surface area contributed by atoms with E-state index < -0.39 is 0 Å². The average molecular weight is 566 g/mol. The molecule has 44 heavy (non-hydrogen) atoms. The van der Waals surface area contributed by atoms with Crippen molar-refractivity contribution in [3.05, 3.63) is 163 Å². The van der Waals surface area contributed by atoms with Crippen LogP contribution in [0.5, 0.6) is 0 Å². The van der Waals surface area contributed by atoms with Gasteiger partial charge in [-0.1, -0.05) is 117 Å². The normalized spacial score (nSPS) is 13.1. The molecule has 8 rings (SSSR count). The van der Waals surface area contributed by atoms with Gasteiger partial charge in [-0.3, -0.25) is 0 Å². The van der Waals surface area contributed by atoms with E-state index in [1.165, 1.54) is 60.6 Å². The van der Waals surface area contributed by atoms with Gasteiger partial charge in [0.05, 0.1) is 0 Å². The summed E-state index contributed by atoms with van der Waals surface area (Å²) in [6.07, 6.45) is 2.14. The van der Waals surface area contributed by atoms with Gasteiger partial charge in [0.2, 0.25) is 0 Å². The lowest BCUT2D eigenvalue weighted by Crippen LogP contribution is -2.23. The van der Waals surface area contributed by atoms with Crippen molar-refractivity contribution < 1.29 is 0 Å². The summed E-state index contributed by atoms with van der Waals surface area (Å²) in [4.78, 5) is 2.40. The van der Waals surface area contributed by atoms with Crippen molar-refractivity contribution in [3.63, 3.8) is 0 Å². The minimum Gasteiger partial charge on any atom is -0.310 e. The highest BCUT2D eigenvalue weighted by Gasteiger charge is 2.41. The van der Waals surface area contributed by atoms with E-state index in [-0.39, 0.29) is 5.41 Å². The molecule has 0 radical (unpaired) electrons. The van der Waals surface area contributed by atoms with Crippen molar-refractivity contribution in [3.8, 4) is 22.3 Å². The minimum atomic E-state index is -0.000859. The van der Waals surface area contributed by atoms with Gasteiger partial charge in [0.25, 0.3) is 0 Å². The molecule has 0 bridgehead atoms. The zero-order chi connectivity index (χ0) is 29.7. The molecule has 1 aliphatic carbocycles. The molecule has 0 spiro atoms. The van der Waals surface area contributed by atoms with Gasteiger partial charge >= 0.3 is 0 Å². The fraction of sp³-hybridized carbons (Fsp3) is 0.116. The highest BCUT2D eigenvalue weighted by atomic mass is 15.1. The molecule has 212 valence electrons. The number of fused-ring (bicyclic) bond motifs is 6. The van der Waals surface area contributed by atoms with Crippen LogP contribution in [0.15, 0.2) is 152 Å². The highest BCUT2D eigenvalue weighted by molar-refractivity contribution is 6.10. The first-order chi connectivity index (χ1) is 21.7. The number of rotatable bonds is 6. The maximum atomic E-state index is 2.51. The second-order valence-electron chi connectivity index (χ2n) is 12.0. The molecule has 0 atom stereocenters. The summed E-state index contributed by atoms with van der Waals surface area (Å²) in [7, 11) is 0. The third kappa shape index (κ3) is 4.07. The molecule has 0 aliphatic heterocycles. The molecule has 1 aliphatic rings. The fourth-order valence-electron chi connectivity index (χ4n) is 7.62. The third-order valence-corrected chi connectivity index (χ3v) is 9.90. The molecule has 0 fully saturated rings. The largest absolute Gasteiger partial charge is 0.310 e. The molecule has 7 aromatic rings. The minimum absolute atomic E-state index is 0.000859. The van der Waals surface area contributed by atoms with E-state index in [4.69, 9.17) is 0 Å². The van der Waals surface area contributed by atoms with Crippen LogP contribution in [-0.2, 0) is 5.41 Å². The van der Waals surface area contributed by atoms with Crippen molar-refractivity contribution in [2.75, 3.05) is 4.90 Å². The smallest absolute Gasteiger partial charge is 0.0468 e. The second kappa shape index (κ2) is 10.5. The summed E-state index contributed by atoms with van der Waals surface area (Å²) in [5, 5.41) is 5.29. The van der Waals surface area contributed by atoms with Crippen LogP contribution >= 0.6 is 0 Å². The van der Waals surface area contributed by atoms with Crippen molar-refractivity contribution in [1.29, 1.82) is 0 Å². The van der Waals surface area contributed by atoms with E-state index >= 15 is 0 Å².